The summed E-state index contributed by atoms with van der Waals surface area (Å²) in [4.78, 5) is 18.8. The van der Waals surface area contributed by atoms with Crippen molar-refractivity contribution in [1.29, 1.82) is 0 Å². The minimum atomic E-state index is 0. The van der Waals surface area contributed by atoms with Crippen LogP contribution >= 0.6 is 24.0 Å². The van der Waals surface area contributed by atoms with Crippen LogP contribution in [0, 0.1) is 0 Å². The molecule has 0 aliphatic heterocycles. The first-order valence-corrected chi connectivity index (χ1v) is 10.1. The molecule has 0 atom stereocenters. The number of hydrogen-bond acceptors (Lipinski definition) is 3. The Labute approximate surface area is 186 Å². The van der Waals surface area contributed by atoms with E-state index in [1.165, 1.54) is 18.4 Å². The van der Waals surface area contributed by atoms with Gasteiger partial charge in [0.25, 0.3) is 0 Å². The molecule has 0 heterocycles. The number of amides is 1. The third-order valence-electron chi connectivity index (χ3n) is 4.67. The molecule has 1 fully saturated rings. The first-order chi connectivity index (χ1) is 13.1. The number of nitrogens with zero attached hydrogens (tertiary/aromatic N) is 2. The van der Waals surface area contributed by atoms with E-state index in [0.29, 0.717) is 25.6 Å². The minimum Gasteiger partial charge on any atom is -0.494 e. The van der Waals surface area contributed by atoms with E-state index in [4.69, 9.17) is 4.74 Å². The highest BCUT2D eigenvalue weighted by molar-refractivity contribution is 14.0. The molecule has 158 valence electrons. The van der Waals surface area contributed by atoms with E-state index >= 15 is 0 Å². The molecule has 28 heavy (non-hydrogen) atoms. The highest BCUT2D eigenvalue weighted by Crippen LogP contribution is 2.17. The summed E-state index contributed by atoms with van der Waals surface area (Å²) in [5, 5.41) is 6.42. The number of carbonyl (C=O) groups excluding carboxylic acids is 1. The molecule has 6 nitrogen and oxygen atoms in total. The summed E-state index contributed by atoms with van der Waals surface area (Å²) in [5.41, 5.74) is 1.19. The number of aliphatic imine (C=N–C) groups is 1. The molecule has 1 aliphatic carbocycles. The Balaban J connectivity index is 0.00000392. The van der Waals surface area contributed by atoms with E-state index in [1.807, 2.05) is 33.0 Å². The van der Waals surface area contributed by atoms with Crippen LogP contribution in [-0.2, 0) is 11.3 Å². The van der Waals surface area contributed by atoms with Crippen molar-refractivity contribution in [3.63, 3.8) is 0 Å². The van der Waals surface area contributed by atoms with Crippen LogP contribution in [0.5, 0.6) is 5.75 Å². The monoisotopic (exact) mass is 502 g/mol. The average molecular weight is 502 g/mol. The maximum atomic E-state index is 12.1. The van der Waals surface area contributed by atoms with Gasteiger partial charge in [0, 0.05) is 32.6 Å². The standard InChI is InChI=1S/C21H34N4O2.HI/c1-4-22-21(23-15-14-20(26)24-18-8-6-7-9-18)25(3)16-17-10-12-19(13-11-17)27-5-2;/h10-13,18H,4-9,14-16H2,1-3H3,(H,22,23)(H,24,26);1H. The minimum absolute atomic E-state index is 0. The van der Waals surface area contributed by atoms with E-state index in [9.17, 15) is 4.79 Å². The fourth-order valence-electron chi connectivity index (χ4n) is 3.31. The lowest BCUT2D eigenvalue weighted by Gasteiger charge is -2.22. The molecular weight excluding hydrogens is 467 g/mol. The highest BCUT2D eigenvalue weighted by Gasteiger charge is 2.16. The van der Waals surface area contributed by atoms with Gasteiger partial charge in [0.05, 0.1) is 13.2 Å². The quantitative estimate of drug-likeness (QED) is 0.308. The number of benzene rings is 1. The second-order valence-electron chi connectivity index (χ2n) is 6.97. The summed E-state index contributed by atoms with van der Waals surface area (Å²) in [6, 6.07) is 8.49. The fraction of sp³-hybridized carbons (Fsp3) is 0.619. The van der Waals surface area contributed by atoms with Crippen molar-refractivity contribution in [3.8, 4) is 5.75 Å². The summed E-state index contributed by atoms with van der Waals surface area (Å²) in [6.07, 6.45) is 5.11. The predicted octanol–water partition coefficient (Wildman–Crippen LogP) is 3.55. The second-order valence-corrected chi connectivity index (χ2v) is 6.97. The molecule has 2 N–H and O–H groups in total. The molecule has 7 heteroatoms. The lowest BCUT2D eigenvalue weighted by atomic mass is 10.2. The van der Waals surface area contributed by atoms with Crippen LogP contribution in [0.4, 0.5) is 0 Å². The number of hydrogen-bond donors (Lipinski definition) is 2. The largest absolute Gasteiger partial charge is 0.494 e. The van der Waals surface area contributed by atoms with Crippen molar-refractivity contribution < 1.29 is 9.53 Å². The second kappa shape index (κ2) is 13.6. The molecule has 1 amide bonds. The topological polar surface area (TPSA) is 66.0 Å². The number of ether oxygens (including phenoxy) is 1. The van der Waals surface area contributed by atoms with E-state index in [1.54, 1.807) is 0 Å². The molecule has 1 aromatic rings. The maximum Gasteiger partial charge on any atom is 0.222 e. The molecular formula is C21H35IN4O2. The smallest absolute Gasteiger partial charge is 0.222 e. The summed E-state index contributed by atoms with van der Waals surface area (Å²) in [6.45, 7) is 6.73. The molecule has 0 bridgehead atoms. The Kier molecular flexibility index (Phi) is 11.9. The van der Waals surface area contributed by atoms with Gasteiger partial charge < -0.3 is 20.3 Å². The van der Waals surface area contributed by atoms with Crippen molar-refractivity contribution in [2.24, 2.45) is 4.99 Å². The summed E-state index contributed by atoms with van der Waals surface area (Å²) < 4.78 is 5.49. The molecule has 1 aromatic carbocycles. The van der Waals surface area contributed by atoms with Crippen LogP contribution in [0.2, 0.25) is 0 Å². The third kappa shape index (κ3) is 8.67. The number of nitrogens with one attached hydrogen (secondary N) is 2. The van der Waals surface area contributed by atoms with Crippen LogP contribution in [0.1, 0.15) is 51.5 Å². The zero-order valence-corrected chi connectivity index (χ0v) is 19.7. The van der Waals surface area contributed by atoms with Crippen LogP contribution in [0.15, 0.2) is 29.3 Å². The third-order valence-corrected chi connectivity index (χ3v) is 4.67. The van der Waals surface area contributed by atoms with Gasteiger partial charge in [0.2, 0.25) is 5.91 Å². The lowest BCUT2D eigenvalue weighted by Crippen LogP contribution is -2.39. The predicted molar refractivity (Wildman–Crippen MR) is 125 cm³/mol. The van der Waals surface area contributed by atoms with Gasteiger partial charge in [-0.2, -0.15) is 0 Å². The molecule has 1 saturated carbocycles. The summed E-state index contributed by atoms with van der Waals surface area (Å²) >= 11 is 0. The Morgan fingerprint density at radius 2 is 1.89 bits per heavy atom. The van der Waals surface area contributed by atoms with Gasteiger partial charge in [0.1, 0.15) is 5.75 Å². The Morgan fingerprint density at radius 1 is 1.21 bits per heavy atom. The Bertz CT molecular complexity index is 601. The SMILES string of the molecule is CCNC(=NCCC(=O)NC1CCCC1)N(C)Cc1ccc(OCC)cc1.I. The molecule has 0 spiro atoms. The fourth-order valence-corrected chi connectivity index (χ4v) is 3.31. The van der Waals surface area contributed by atoms with Gasteiger partial charge in [-0.05, 0) is 44.4 Å². The van der Waals surface area contributed by atoms with E-state index < -0.39 is 0 Å². The van der Waals surface area contributed by atoms with Crippen molar-refractivity contribution in [3.05, 3.63) is 29.8 Å². The molecule has 2 rings (SSSR count). The summed E-state index contributed by atoms with van der Waals surface area (Å²) in [7, 11) is 2.01. The first-order valence-electron chi connectivity index (χ1n) is 10.1. The van der Waals surface area contributed by atoms with Gasteiger partial charge in [-0.3, -0.25) is 9.79 Å². The van der Waals surface area contributed by atoms with Gasteiger partial charge in [-0.1, -0.05) is 25.0 Å². The normalized spacial score (nSPS) is 14.3. The van der Waals surface area contributed by atoms with Gasteiger partial charge >= 0.3 is 0 Å². The molecule has 0 aromatic heterocycles. The van der Waals surface area contributed by atoms with Crippen LogP contribution in [0.25, 0.3) is 0 Å². The average Bonchev–Trinajstić information content (AvgIpc) is 3.15. The maximum absolute atomic E-state index is 12.1. The number of halogens is 1. The Hall–Kier alpha value is -1.51. The lowest BCUT2D eigenvalue weighted by molar-refractivity contribution is -0.121. The molecule has 0 unspecified atom stereocenters. The molecule has 0 radical (unpaired) electrons. The Morgan fingerprint density at radius 3 is 2.50 bits per heavy atom. The number of rotatable bonds is 9. The first kappa shape index (κ1) is 24.5. The number of carbonyl (C=O) groups is 1. The van der Waals surface area contributed by atoms with Gasteiger partial charge in [0.15, 0.2) is 5.96 Å². The van der Waals surface area contributed by atoms with Crippen molar-refractivity contribution in [2.75, 3.05) is 26.7 Å². The van der Waals surface area contributed by atoms with Gasteiger partial charge in [-0.15, -0.1) is 24.0 Å². The number of guanidine groups is 1. The zero-order valence-electron chi connectivity index (χ0n) is 17.4. The van der Waals surface area contributed by atoms with Crippen LogP contribution in [0.3, 0.4) is 0 Å². The van der Waals surface area contributed by atoms with Crippen LogP contribution < -0.4 is 15.4 Å². The zero-order chi connectivity index (χ0) is 19.5. The van der Waals surface area contributed by atoms with Gasteiger partial charge in [-0.25, -0.2) is 0 Å². The molecule has 0 saturated heterocycles. The van der Waals surface area contributed by atoms with Crippen molar-refractivity contribution >= 4 is 35.8 Å². The van der Waals surface area contributed by atoms with E-state index in [2.05, 4.69) is 32.7 Å². The molecule has 1 aliphatic rings. The highest BCUT2D eigenvalue weighted by atomic mass is 127. The van der Waals surface area contributed by atoms with E-state index in [-0.39, 0.29) is 29.9 Å². The van der Waals surface area contributed by atoms with E-state index in [0.717, 1.165) is 37.6 Å². The van der Waals surface area contributed by atoms with Crippen molar-refractivity contribution in [2.45, 2.75) is 58.5 Å². The summed E-state index contributed by atoms with van der Waals surface area (Å²) in [5.74, 6) is 1.81. The van der Waals surface area contributed by atoms with Crippen molar-refractivity contribution in [1.82, 2.24) is 15.5 Å². The van der Waals surface area contributed by atoms with Crippen LogP contribution in [-0.4, -0.2) is 49.6 Å².